The highest BCUT2D eigenvalue weighted by molar-refractivity contribution is 7.98. The Kier molecular flexibility index (Phi) is 6.32. The van der Waals surface area contributed by atoms with Gasteiger partial charge in [0.1, 0.15) is 17.5 Å². The summed E-state index contributed by atoms with van der Waals surface area (Å²) in [5.74, 6) is -0.341. The molecule has 0 radical (unpaired) electrons. The van der Waals surface area contributed by atoms with Crippen LogP contribution in [0.15, 0.2) is 54.6 Å². The first-order valence-corrected chi connectivity index (χ1v) is 11.5. The molecule has 1 amide bonds. The number of carboxylic acids is 1. The molecule has 0 saturated carbocycles. The zero-order valence-electron chi connectivity index (χ0n) is 17.7. The van der Waals surface area contributed by atoms with Crippen LogP contribution in [0.3, 0.4) is 0 Å². The van der Waals surface area contributed by atoms with E-state index in [0.717, 1.165) is 27.4 Å². The largest absolute Gasteiger partial charge is 0.496 e. The van der Waals surface area contributed by atoms with Crippen molar-refractivity contribution in [3.63, 3.8) is 0 Å². The number of methoxy groups -OCH3 is 1. The van der Waals surface area contributed by atoms with E-state index in [2.05, 4.69) is 15.3 Å². The summed E-state index contributed by atoms with van der Waals surface area (Å²) in [7, 11) is 1.58. The first kappa shape index (κ1) is 21.7. The number of carboxylic acid groups (broad SMARTS) is 1. The lowest BCUT2D eigenvalue weighted by atomic mass is 10.1. The smallest absolute Gasteiger partial charge is 0.326 e. The van der Waals surface area contributed by atoms with E-state index < -0.39 is 17.9 Å². The molecule has 2 aromatic heterocycles. The number of nitrogens with one attached hydrogen (secondary N) is 2. The standard InChI is InChI=1S/C24H23N3O4S/c1-31-20-10-6-4-8-15(20)21-22-16(14-7-3-5-9-17(14)25-22)13-19(26-21)23(28)27-18(24(29)30)11-12-32-2/h3-10,13,18,25H,11-12H2,1-2H3,(H,27,28)(H,29,30). The summed E-state index contributed by atoms with van der Waals surface area (Å²) in [4.78, 5) is 32.8. The summed E-state index contributed by atoms with van der Waals surface area (Å²) in [6.07, 6.45) is 2.23. The number of para-hydroxylation sites is 2. The van der Waals surface area contributed by atoms with Crippen molar-refractivity contribution in [3.8, 4) is 17.0 Å². The minimum atomic E-state index is -1.06. The van der Waals surface area contributed by atoms with Gasteiger partial charge in [-0.1, -0.05) is 30.3 Å². The highest BCUT2D eigenvalue weighted by atomic mass is 32.2. The Morgan fingerprint density at radius 1 is 1.16 bits per heavy atom. The van der Waals surface area contributed by atoms with Crippen LogP contribution >= 0.6 is 11.8 Å². The Balaban J connectivity index is 1.87. The van der Waals surface area contributed by atoms with Crippen LogP contribution in [0.1, 0.15) is 16.9 Å². The van der Waals surface area contributed by atoms with E-state index in [-0.39, 0.29) is 5.69 Å². The number of hydrogen-bond donors (Lipinski definition) is 3. The Labute approximate surface area is 189 Å². The summed E-state index contributed by atoms with van der Waals surface area (Å²) in [5.41, 5.74) is 3.15. The van der Waals surface area contributed by atoms with Crippen LogP contribution < -0.4 is 10.1 Å². The molecule has 0 bridgehead atoms. The number of hydrogen-bond acceptors (Lipinski definition) is 5. The second-order valence-electron chi connectivity index (χ2n) is 7.30. The molecule has 32 heavy (non-hydrogen) atoms. The highest BCUT2D eigenvalue weighted by Gasteiger charge is 2.23. The predicted molar refractivity (Wildman–Crippen MR) is 127 cm³/mol. The van der Waals surface area contributed by atoms with Crippen molar-refractivity contribution >= 4 is 45.4 Å². The van der Waals surface area contributed by atoms with Crippen molar-refractivity contribution in [1.82, 2.24) is 15.3 Å². The molecule has 2 heterocycles. The summed E-state index contributed by atoms with van der Waals surface area (Å²) in [6.45, 7) is 0. The molecule has 4 rings (SSSR count). The topological polar surface area (TPSA) is 104 Å². The lowest BCUT2D eigenvalue weighted by Crippen LogP contribution is -2.41. The number of pyridine rings is 1. The molecule has 7 nitrogen and oxygen atoms in total. The second kappa shape index (κ2) is 9.32. The number of carbonyl (C=O) groups is 2. The number of nitrogens with zero attached hydrogens (tertiary/aromatic N) is 1. The molecule has 2 aromatic carbocycles. The number of amides is 1. The molecule has 1 atom stereocenters. The van der Waals surface area contributed by atoms with Crippen LogP contribution in [0.2, 0.25) is 0 Å². The van der Waals surface area contributed by atoms with Gasteiger partial charge in [0.05, 0.1) is 18.3 Å². The fourth-order valence-corrected chi connectivity index (χ4v) is 4.19. The number of aromatic amines is 1. The average Bonchev–Trinajstić information content (AvgIpc) is 3.19. The van der Waals surface area contributed by atoms with Gasteiger partial charge >= 0.3 is 5.97 Å². The van der Waals surface area contributed by atoms with E-state index in [0.29, 0.717) is 23.6 Å². The maximum absolute atomic E-state index is 13.1. The van der Waals surface area contributed by atoms with Crippen LogP contribution in [-0.2, 0) is 4.79 Å². The van der Waals surface area contributed by atoms with Crippen LogP contribution in [0, 0.1) is 0 Å². The van der Waals surface area contributed by atoms with Crippen molar-refractivity contribution in [2.45, 2.75) is 12.5 Å². The monoisotopic (exact) mass is 449 g/mol. The Morgan fingerprint density at radius 3 is 2.66 bits per heavy atom. The third-order valence-electron chi connectivity index (χ3n) is 5.31. The van der Waals surface area contributed by atoms with Gasteiger partial charge in [0, 0.05) is 21.9 Å². The van der Waals surface area contributed by atoms with Crippen LogP contribution in [0.5, 0.6) is 5.75 Å². The fraction of sp³-hybridized carbons (Fsp3) is 0.208. The number of aromatic nitrogens is 2. The zero-order valence-corrected chi connectivity index (χ0v) is 18.5. The molecule has 0 spiro atoms. The molecule has 164 valence electrons. The number of rotatable bonds is 8. The Bertz CT molecular complexity index is 1300. The third-order valence-corrected chi connectivity index (χ3v) is 5.95. The second-order valence-corrected chi connectivity index (χ2v) is 8.28. The van der Waals surface area contributed by atoms with Gasteiger partial charge in [0.15, 0.2) is 0 Å². The number of carbonyl (C=O) groups excluding carboxylic acids is 1. The molecule has 0 saturated heterocycles. The minimum Gasteiger partial charge on any atom is -0.496 e. The molecule has 0 fully saturated rings. The maximum Gasteiger partial charge on any atom is 0.326 e. The van der Waals surface area contributed by atoms with E-state index in [1.54, 1.807) is 13.2 Å². The third kappa shape index (κ3) is 4.13. The normalized spacial score (nSPS) is 12.1. The van der Waals surface area contributed by atoms with E-state index in [4.69, 9.17) is 4.74 Å². The van der Waals surface area contributed by atoms with E-state index in [1.807, 2.05) is 54.8 Å². The Hall–Kier alpha value is -3.52. The van der Waals surface area contributed by atoms with E-state index in [9.17, 15) is 14.7 Å². The number of benzene rings is 2. The van der Waals surface area contributed by atoms with Gasteiger partial charge in [-0.15, -0.1) is 0 Å². The van der Waals surface area contributed by atoms with Crippen molar-refractivity contribution in [1.29, 1.82) is 0 Å². The van der Waals surface area contributed by atoms with Crippen molar-refractivity contribution < 1.29 is 19.4 Å². The summed E-state index contributed by atoms with van der Waals surface area (Å²) >= 11 is 1.53. The minimum absolute atomic E-state index is 0.151. The van der Waals surface area contributed by atoms with E-state index >= 15 is 0 Å². The molecule has 0 aliphatic heterocycles. The predicted octanol–water partition coefficient (Wildman–Crippen LogP) is 4.33. The number of ether oxygens (including phenoxy) is 1. The SMILES string of the molecule is COc1ccccc1-c1nc(C(=O)NC(CCSC)C(=O)O)cc2c1[nH]c1ccccc12. The summed E-state index contributed by atoms with van der Waals surface area (Å²) in [5, 5.41) is 13.9. The van der Waals surface area contributed by atoms with Gasteiger partial charge in [-0.25, -0.2) is 9.78 Å². The van der Waals surface area contributed by atoms with E-state index in [1.165, 1.54) is 11.8 Å². The van der Waals surface area contributed by atoms with Gasteiger partial charge in [-0.2, -0.15) is 11.8 Å². The molecule has 0 aliphatic carbocycles. The highest BCUT2D eigenvalue weighted by Crippen LogP contribution is 2.36. The summed E-state index contributed by atoms with van der Waals surface area (Å²) < 4.78 is 5.53. The van der Waals surface area contributed by atoms with Gasteiger partial charge in [0.2, 0.25) is 0 Å². The number of H-pyrrole nitrogens is 1. The lowest BCUT2D eigenvalue weighted by molar-refractivity contribution is -0.139. The van der Waals surface area contributed by atoms with Crippen LogP contribution in [-0.4, -0.2) is 52.1 Å². The quantitative estimate of drug-likeness (QED) is 0.370. The zero-order chi connectivity index (χ0) is 22.7. The Morgan fingerprint density at radius 2 is 1.91 bits per heavy atom. The lowest BCUT2D eigenvalue weighted by Gasteiger charge is -2.15. The van der Waals surface area contributed by atoms with Crippen LogP contribution in [0.4, 0.5) is 0 Å². The van der Waals surface area contributed by atoms with Crippen molar-refractivity contribution in [3.05, 3.63) is 60.3 Å². The molecule has 3 N–H and O–H groups in total. The molecular weight excluding hydrogens is 426 g/mol. The van der Waals surface area contributed by atoms with Crippen molar-refractivity contribution in [2.24, 2.45) is 0 Å². The molecule has 4 aromatic rings. The van der Waals surface area contributed by atoms with Crippen molar-refractivity contribution in [2.75, 3.05) is 19.1 Å². The van der Waals surface area contributed by atoms with Gasteiger partial charge < -0.3 is 20.1 Å². The van der Waals surface area contributed by atoms with Gasteiger partial charge in [-0.05, 0) is 42.7 Å². The average molecular weight is 450 g/mol. The molecule has 8 heteroatoms. The fourth-order valence-electron chi connectivity index (χ4n) is 3.72. The van der Waals surface area contributed by atoms with Crippen LogP contribution in [0.25, 0.3) is 33.1 Å². The number of fused-ring (bicyclic) bond motifs is 3. The molecule has 1 unspecified atom stereocenters. The summed E-state index contributed by atoms with van der Waals surface area (Å²) in [6, 6.07) is 16.0. The first-order chi connectivity index (χ1) is 15.5. The van der Waals surface area contributed by atoms with Gasteiger partial charge in [0.25, 0.3) is 5.91 Å². The maximum atomic E-state index is 13.1. The molecular formula is C24H23N3O4S. The number of aliphatic carboxylic acids is 1. The number of thioether (sulfide) groups is 1. The first-order valence-electron chi connectivity index (χ1n) is 10.1. The molecule has 0 aliphatic rings. The van der Waals surface area contributed by atoms with Gasteiger partial charge in [-0.3, -0.25) is 4.79 Å².